The van der Waals surface area contributed by atoms with Gasteiger partial charge in [-0.15, -0.1) is 0 Å². The van der Waals surface area contributed by atoms with E-state index in [1.165, 1.54) is 28.4 Å². The van der Waals surface area contributed by atoms with Crippen molar-refractivity contribution in [2.75, 3.05) is 12.0 Å². The van der Waals surface area contributed by atoms with Crippen LogP contribution in [0.5, 0.6) is 0 Å². The van der Waals surface area contributed by atoms with Crippen LogP contribution in [0.1, 0.15) is 0 Å². The Kier molecular flexibility index (Phi) is 2.58. The first-order valence-electron chi connectivity index (χ1n) is 5.35. The summed E-state index contributed by atoms with van der Waals surface area (Å²) in [5, 5.41) is 4.63. The lowest BCUT2D eigenvalue weighted by molar-refractivity contribution is 0.602. The Bertz CT molecular complexity index is 864. The number of rotatable bonds is 2. The van der Waals surface area contributed by atoms with Crippen molar-refractivity contribution in [3.63, 3.8) is 0 Å². The zero-order valence-electron chi connectivity index (χ0n) is 9.94. The molecule has 0 aliphatic carbocycles. The summed E-state index contributed by atoms with van der Waals surface area (Å²) in [6.45, 7) is 0. The lowest BCUT2D eigenvalue weighted by atomic mass is 10.3. The van der Waals surface area contributed by atoms with Crippen LogP contribution in [0.4, 0.5) is 5.69 Å². The van der Waals surface area contributed by atoms with Gasteiger partial charge in [-0.2, -0.15) is 5.10 Å². The van der Waals surface area contributed by atoms with E-state index in [1.807, 2.05) is 12.1 Å². The molecule has 19 heavy (non-hydrogen) atoms. The smallest absolute Gasteiger partial charge is 0.211 e. The van der Waals surface area contributed by atoms with Crippen molar-refractivity contribution in [1.82, 2.24) is 14.8 Å². The molecule has 0 fully saturated rings. The fourth-order valence-electron chi connectivity index (χ4n) is 1.63. The van der Waals surface area contributed by atoms with Crippen molar-refractivity contribution in [1.29, 1.82) is 0 Å². The molecule has 1 aromatic carbocycles. The van der Waals surface area contributed by atoms with Crippen LogP contribution in [0.3, 0.4) is 0 Å². The minimum Gasteiger partial charge on any atom is -0.399 e. The van der Waals surface area contributed by atoms with E-state index < -0.39 is 9.84 Å². The van der Waals surface area contributed by atoms with Crippen molar-refractivity contribution in [3.8, 4) is 5.13 Å². The van der Waals surface area contributed by atoms with Crippen LogP contribution in [-0.2, 0) is 9.84 Å². The van der Waals surface area contributed by atoms with Crippen LogP contribution in [0.25, 0.3) is 15.3 Å². The summed E-state index contributed by atoms with van der Waals surface area (Å²) < 4.78 is 25.2. The molecule has 0 amide bonds. The average Bonchev–Trinajstić information content (AvgIpc) is 2.92. The summed E-state index contributed by atoms with van der Waals surface area (Å²) in [7, 11) is -3.25. The molecule has 2 N–H and O–H groups in total. The predicted octanol–water partition coefficient (Wildman–Crippen LogP) is 1.47. The van der Waals surface area contributed by atoms with Gasteiger partial charge in [-0.25, -0.2) is 18.1 Å². The van der Waals surface area contributed by atoms with Gasteiger partial charge in [0, 0.05) is 11.9 Å². The van der Waals surface area contributed by atoms with E-state index in [9.17, 15) is 8.42 Å². The number of sulfone groups is 1. The molecule has 0 saturated heterocycles. The summed E-state index contributed by atoms with van der Waals surface area (Å²) in [4.78, 5) is 4.56. The number of benzene rings is 1. The highest BCUT2D eigenvalue weighted by Gasteiger charge is 2.13. The largest absolute Gasteiger partial charge is 0.399 e. The van der Waals surface area contributed by atoms with Crippen LogP contribution >= 0.6 is 11.3 Å². The van der Waals surface area contributed by atoms with Gasteiger partial charge in [0.1, 0.15) is 4.90 Å². The minimum atomic E-state index is -3.25. The monoisotopic (exact) mass is 294 g/mol. The maximum absolute atomic E-state index is 11.4. The Morgan fingerprint density at radius 1 is 1.37 bits per heavy atom. The third-order valence-electron chi connectivity index (χ3n) is 2.58. The highest BCUT2D eigenvalue weighted by atomic mass is 32.2. The first-order valence-corrected chi connectivity index (χ1v) is 8.05. The van der Waals surface area contributed by atoms with Gasteiger partial charge in [-0.05, 0) is 18.2 Å². The predicted molar refractivity (Wildman–Crippen MR) is 74.3 cm³/mol. The summed E-state index contributed by atoms with van der Waals surface area (Å²) >= 11 is 1.40. The number of nitrogens with two attached hydrogens (primary N) is 1. The van der Waals surface area contributed by atoms with Crippen molar-refractivity contribution in [2.45, 2.75) is 4.90 Å². The summed E-state index contributed by atoms with van der Waals surface area (Å²) in [5.74, 6) is 0. The van der Waals surface area contributed by atoms with Gasteiger partial charge < -0.3 is 5.73 Å². The molecule has 2 aromatic heterocycles. The Labute approximate surface area is 113 Å². The van der Waals surface area contributed by atoms with E-state index in [0.717, 1.165) is 16.5 Å². The third-order valence-corrected chi connectivity index (χ3v) is 4.66. The second-order valence-corrected chi connectivity index (χ2v) is 7.14. The molecule has 0 bridgehead atoms. The lowest BCUT2D eigenvalue weighted by Crippen LogP contribution is -1.95. The van der Waals surface area contributed by atoms with E-state index in [1.54, 1.807) is 6.07 Å². The summed E-state index contributed by atoms with van der Waals surface area (Å²) in [5.41, 5.74) is 7.19. The molecule has 0 aliphatic rings. The number of hydrogen-bond acceptors (Lipinski definition) is 6. The van der Waals surface area contributed by atoms with Crippen LogP contribution in [0.2, 0.25) is 0 Å². The van der Waals surface area contributed by atoms with Gasteiger partial charge in [0.15, 0.2) is 9.84 Å². The second kappa shape index (κ2) is 4.04. The Morgan fingerprint density at radius 3 is 2.84 bits per heavy atom. The van der Waals surface area contributed by atoms with Crippen LogP contribution in [0, 0.1) is 0 Å². The standard InChI is InChI=1S/C11H10N4O2S2/c1-19(16,17)8-5-13-15(6-8)11-14-9-3-2-7(12)4-10(9)18-11/h2-6H,12H2,1H3. The molecular weight excluding hydrogens is 284 g/mol. The molecule has 0 unspecified atom stereocenters. The molecule has 6 nitrogen and oxygen atoms in total. The van der Waals surface area contributed by atoms with E-state index in [4.69, 9.17) is 5.73 Å². The van der Waals surface area contributed by atoms with Gasteiger partial charge in [0.2, 0.25) is 5.13 Å². The zero-order valence-corrected chi connectivity index (χ0v) is 11.6. The molecule has 2 heterocycles. The van der Waals surface area contributed by atoms with Gasteiger partial charge in [0.25, 0.3) is 0 Å². The number of aromatic nitrogens is 3. The quantitative estimate of drug-likeness (QED) is 0.723. The zero-order chi connectivity index (χ0) is 13.6. The fourth-order valence-corrected chi connectivity index (χ4v) is 3.11. The number of hydrogen-bond donors (Lipinski definition) is 1. The van der Waals surface area contributed by atoms with E-state index >= 15 is 0 Å². The first-order chi connectivity index (χ1) is 8.93. The fraction of sp³-hybridized carbons (Fsp3) is 0.0909. The highest BCUT2D eigenvalue weighted by Crippen LogP contribution is 2.26. The number of anilines is 1. The Hall–Kier alpha value is -1.93. The number of nitrogens with zero attached hydrogens (tertiary/aromatic N) is 3. The molecule has 3 rings (SSSR count). The molecule has 0 aliphatic heterocycles. The van der Waals surface area contributed by atoms with Crippen molar-refractivity contribution >= 4 is 37.1 Å². The van der Waals surface area contributed by atoms with Crippen LogP contribution in [0.15, 0.2) is 35.5 Å². The lowest BCUT2D eigenvalue weighted by Gasteiger charge is -1.92. The Balaban J connectivity index is 2.11. The van der Waals surface area contributed by atoms with E-state index in [-0.39, 0.29) is 4.90 Å². The van der Waals surface area contributed by atoms with Gasteiger partial charge in [-0.3, -0.25) is 0 Å². The maximum Gasteiger partial charge on any atom is 0.211 e. The minimum absolute atomic E-state index is 0.172. The maximum atomic E-state index is 11.4. The van der Waals surface area contributed by atoms with Gasteiger partial charge in [-0.1, -0.05) is 11.3 Å². The normalized spacial score (nSPS) is 12.1. The van der Waals surface area contributed by atoms with Crippen LogP contribution in [-0.4, -0.2) is 29.4 Å². The van der Waals surface area contributed by atoms with Gasteiger partial charge in [0.05, 0.1) is 22.6 Å². The first kappa shape index (κ1) is 12.1. The molecule has 3 aromatic rings. The molecule has 8 heteroatoms. The molecule has 0 atom stereocenters. The number of nitrogen functional groups attached to an aromatic ring is 1. The third kappa shape index (κ3) is 2.20. The topological polar surface area (TPSA) is 90.9 Å². The summed E-state index contributed by atoms with van der Waals surface area (Å²) in [6.07, 6.45) is 3.92. The van der Waals surface area contributed by atoms with Crippen LogP contribution < -0.4 is 5.73 Å². The van der Waals surface area contributed by atoms with Crippen molar-refractivity contribution < 1.29 is 8.42 Å². The molecule has 98 valence electrons. The van der Waals surface area contributed by atoms with E-state index in [2.05, 4.69) is 10.1 Å². The Morgan fingerprint density at radius 2 is 2.16 bits per heavy atom. The van der Waals surface area contributed by atoms with Crippen molar-refractivity contribution in [2.24, 2.45) is 0 Å². The average molecular weight is 294 g/mol. The van der Waals surface area contributed by atoms with E-state index in [0.29, 0.717) is 10.8 Å². The molecular formula is C11H10N4O2S2. The SMILES string of the molecule is CS(=O)(=O)c1cnn(-c2nc3ccc(N)cc3s2)c1. The summed E-state index contributed by atoms with van der Waals surface area (Å²) in [6, 6.07) is 5.43. The molecule has 0 radical (unpaired) electrons. The van der Waals surface area contributed by atoms with Gasteiger partial charge >= 0.3 is 0 Å². The molecule has 0 spiro atoms. The van der Waals surface area contributed by atoms with Crippen molar-refractivity contribution in [3.05, 3.63) is 30.6 Å². The molecule has 0 saturated carbocycles. The highest BCUT2D eigenvalue weighted by molar-refractivity contribution is 7.90. The number of thiazole rings is 1. The number of fused-ring (bicyclic) bond motifs is 1. The second-order valence-electron chi connectivity index (χ2n) is 4.12.